The lowest BCUT2D eigenvalue weighted by Gasteiger charge is -2.46. The van der Waals surface area contributed by atoms with Crippen molar-refractivity contribution < 1.29 is 0 Å². The third kappa shape index (κ3) is 13.3. The summed E-state index contributed by atoms with van der Waals surface area (Å²) in [7, 11) is 0. The van der Waals surface area contributed by atoms with E-state index >= 15 is 0 Å². The van der Waals surface area contributed by atoms with Gasteiger partial charge in [-0.25, -0.2) is 0 Å². The molecule has 0 unspecified atom stereocenters. The molecule has 0 aliphatic carbocycles. The Morgan fingerprint density at radius 1 is 0.243 bits per heavy atom. The number of nitrogens with zero attached hydrogens (tertiary/aromatic N) is 2. The molecule has 2 heterocycles. The molecule has 0 N–H and O–H groups in total. The first-order valence-corrected chi connectivity index (χ1v) is 38.0. The van der Waals surface area contributed by atoms with Crippen molar-refractivity contribution in [3.63, 3.8) is 0 Å². The number of rotatable bonds is 13. The summed E-state index contributed by atoms with van der Waals surface area (Å²) in [5.41, 5.74) is 37.7. The van der Waals surface area contributed by atoms with Crippen molar-refractivity contribution in [1.82, 2.24) is 0 Å². The average Bonchev–Trinajstić information content (AvgIpc) is 0.687. The molecule has 0 atom stereocenters. The number of benzene rings is 12. The number of anilines is 6. The van der Waals surface area contributed by atoms with E-state index in [4.69, 9.17) is 0 Å². The molecular weight excluding hydrogens is 1240 g/mol. The van der Waals surface area contributed by atoms with E-state index in [1.54, 1.807) is 0 Å². The monoisotopic (exact) mass is 1340 g/mol. The minimum Gasteiger partial charge on any atom is -0.310 e. The summed E-state index contributed by atoms with van der Waals surface area (Å²) in [6, 6.07) is 97.8. The van der Waals surface area contributed by atoms with Crippen LogP contribution in [0.25, 0.3) is 77.9 Å². The molecule has 2 nitrogen and oxygen atoms in total. The van der Waals surface area contributed by atoms with Crippen molar-refractivity contribution in [3.8, 4) is 77.9 Å². The summed E-state index contributed by atoms with van der Waals surface area (Å²) in [5.74, 6) is 1.37. The Kier molecular flexibility index (Phi) is 18.3. The maximum absolute atomic E-state index is 2.76. The van der Waals surface area contributed by atoms with Crippen LogP contribution in [-0.2, 0) is 21.7 Å². The van der Waals surface area contributed by atoms with Crippen LogP contribution in [0.4, 0.5) is 34.1 Å². The Bertz CT molecular complexity index is 4820. The fourth-order valence-electron chi connectivity index (χ4n) is 16.0. The van der Waals surface area contributed by atoms with Gasteiger partial charge in [0, 0.05) is 45.0 Å². The molecular formula is C100H105BN2. The van der Waals surface area contributed by atoms with Gasteiger partial charge in [0.05, 0.1) is 11.4 Å². The number of hydrogen-bond donors (Lipinski definition) is 0. The maximum Gasteiger partial charge on any atom is 0.252 e. The molecule has 0 bridgehead atoms. The summed E-state index contributed by atoms with van der Waals surface area (Å²) >= 11 is 0. The van der Waals surface area contributed by atoms with E-state index in [1.807, 2.05) is 0 Å². The van der Waals surface area contributed by atoms with Crippen LogP contribution < -0.4 is 26.2 Å². The third-order valence-corrected chi connectivity index (χ3v) is 22.2. The second-order valence-electron chi connectivity index (χ2n) is 35.0. The van der Waals surface area contributed by atoms with Crippen LogP contribution in [0.1, 0.15) is 207 Å². The summed E-state index contributed by atoms with van der Waals surface area (Å²) in [4.78, 5) is 5.51. The molecule has 0 spiro atoms. The third-order valence-electron chi connectivity index (χ3n) is 22.2. The van der Waals surface area contributed by atoms with Gasteiger partial charge in [0.2, 0.25) is 0 Å². The van der Waals surface area contributed by atoms with Crippen LogP contribution in [0.15, 0.2) is 249 Å². The Morgan fingerprint density at radius 2 is 0.563 bits per heavy atom. The SMILES string of the molecule is CC(C)c1ccc(-c2ccc3c(c2)N(c2c(-c4ccccc4)cccc2-c2cc(C(C)(C)C)cc(C(C)(C)C)c2)c2cc(-c4ccccc4)cc4c2B3c2ccc(-c3ccc(C(C)C)cc3C(C)C)cc2N4c2c(-c3ccccc3)cccc2-c2cc(C(C)(C)C)cc(C(C)(C)C)c2)c(C(C)C)c1. The van der Waals surface area contributed by atoms with E-state index in [0.717, 1.165) is 45.0 Å². The van der Waals surface area contributed by atoms with Crippen molar-refractivity contribution in [3.05, 3.63) is 293 Å². The highest BCUT2D eigenvalue weighted by molar-refractivity contribution is 7.00. The lowest BCUT2D eigenvalue weighted by molar-refractivity contribution is 0.568. The Balaban J connectivity index is 1.20. The Hall–Kier alpha value is -9.70. The standard InChI is InChI=1S/C100H105BN2/c1-62(2)69-42-46-80(86(54-69)64(5)6)71-44-48-88-90(56-71)102(95-82(67-34-26-22-27-35-67)38-30-40-84(95)74-50-76(97(9,10)11)60-77(51-74)98(12,13)14)92-58-73(66-32-24-21-25-33-66)59-93-94(92)101(88)89-49-45-72(81-47-43-70(63(3)4)55-87(81)65(7)8)57-91(89)103(93)96-83(68-36-28-23-29-37-68)39-31-41-85(96)75-52-78(99(15,16)17)61-79(53-75)100(18,19)20/h21-65H,1-20H3. The predicted molar refractivity (Wildman–Crippen MR) is 450 cm³/mol. The van der Waals surface area contributed by atoms with E-state index in [9.17, 15) is 0 Å². The lowest BCUT2D eigenvalue weighted by Crippen LogP contribution is -2.61. The topological polar surface area (TPSA) is 6.48 Å². The van der Waals surface area contributed by atoms with Gasteiger partial charge in [-0.05, 0) is 186 Å². The zero-order valence-electron chi connectivity index (χ0n) is 65.0. The second kappa shape index (κ2) is 26.8. The first-order chi connectivity index (χ1) is 48.9. The molecule has 3 heteroatoms. The Labute approximate surface area is 618 Å². The molecule has 0 radical (unpaired) electrons. The highest BCUT2D eigenvalue weighted by Crippen LogP contribution is 2.56. The molecule has 0 saturated carbocycles. The summed E-state index contributed by atoms with van der Waals surface area (Å²) in [6.07, 6.45) is 0. The van der Waals surface area contributed by atoms with E-state index in [2.05, 4.69) is 397 Å². The Morgan fingerprint density at radius 3 is 0.883 bits per heavy atom. The van der Waals surface area contributed by atoms with Gasteiger partial charge in [0.25, 0.3) is 6.71 Å². The van der Waals surface area contributed by atoms with Crippen LogP contribution >= 0.6 is 0 Å². The minimum absolute atomic E-state index is 0.128. The molecule has 14 rings (SSSR count). The minimum atomic E-state index is -0.204. The predicted octanol–water partition coefficient (Wildman–Crippen LogP) is 27.1. The molecule has 12 aromatic rings. The summed E-state index contributed by atoms with van der Waals surface area (Å²) in [5, 5.41) is 0. The normalized spacial score (nSPS) is 13.1. The van der Waals surface area contributed by atoms with Crippen LogP contribution in [0.3, 0.4) is 0 Å². The van der Waals surface area contributed by atoms with Gasteiger partial charge in [-0.15, -0.1) is 0 Å². The zero-order chi connectivity index (χ0) is 72.9. The van der Waals surface area contributed by atoms with Gasteiger partial charge in [-0.2, -0.15) is 0 Å². The number of fused-ring (bicyclic) bond motifs is 4. The van der Waals surface area contributed by atoms with Crippen molar-refractivity contribution >= 4 is 57.2 Å². The molecule has 2 aliphatic rings. The molecule has 2 aliphatic heterocycles. The molecule has 0 fully saturated rings. The highest BCUT2D eigenvalue weighted by Gasteiger charge is 2.46. The molecule has 0 amide bonds. The smallest absolute Gasteiger partial charge is 0.252 e. The van der Waals surface area contributed by atoms with Crippen molar-refractivity contribution in [2.24, 2.45) is 0 Å². The molecule has 0 saturated heterocycles. The zero-order valence-corrected chi connectivity index (χ0v) is 65.0. The molecule has 12 aromatic carbocycles. The van der Waals surface area contributed by atoms with Gasteiger partial charge < -0.3 is 9.80 Å². The molecule has 103 heavy (non-hydrogen) atoms. The molecule has 0 aromatic heterocycles. The van der Waals surface area contributed by atoms with E-state index in [1.165, 1.54) is 128 Å². The summed E-state index contributed by atoms with van der Waals surface area (Å²) in [6.45, 7) is 47.0. The van der Waals surface area contributed by atoms with Gasteiger partial charge >= 0.3 is 0 Å². The van der Waals surface area contributed by atoms with Gasteiger partial charge in [-0.3, -0.25) is 0 Å². The van der Waals surface area contributed by atoms with Crippen LogP contribution in [0.5, 0.6) is 0 Å². The number of para-hydroxylation sites is 2. The maximum atomic E-state index is 2.76. The van der Waals surface area contributed by atoms with Crippen LogP contribution in [0.2, 0.25) is 0 Å². The first-order valence-electron chi connectivity index (χ1n) is 38.0. The first kappa shape index (κ1) is 70.3. The van der Waals surface area contributed by atoms with Crippen molar-refractivity contribution in [1.29, 1.82) is 0 Å². The molecule has 518 valence electrons. The van der Waals surface area contributed by atoms with Crippen molar-refractivity contribution in [2.45, 2.75) is 184 Å². The van der Waals surface area contributed by atoms with Gasteiger partial charge in [0.15, 0.2) is 0 Å². The average molecular weight is 1350 g/mol. The van der Waals surface area contributed by atoms with E-state index in [-0.39, 0.29) is 40.2 Å². The largest absolute Gasteiger partial charge is 0.310 e. The quantitative estimate of drug-likeness (QED) is 0.106. The fraction of sp³-hybridized carbons (Fsp3) is 0.280. The second-order valence-corrected chi connectivity index (χ2v) is 35.0. The van der Waals surface area contributed by atoms with Crippen LogP contribution in [0, 0.1) is 0 Å². The fourth-order valence-corrected chi connectivity index (χ4v) is 16.0. The van der Waals surface area contributed by atoms with Crippen molar-refractivity contribution in [2.75, 3.05) is 9.80 Å². The van der Waals surface area contributed by atoms with E-state index in [0.29, 0.717) is 11.8 Å². The lowest BCUT2D eigenvalue weighted by atomic mass is 9.33. The number of hydrogen-bond acceptors (Lipinski definition) is 2. The van der Waals surface area contributed by atoms with Crippen LogP contribution in [-0.4, -0.2) is 6.71 Å². The highest BCUT2D eigenvalue weighted by atomic mass is 15.2. The van der Waals surface area contributed by atoms with E-state index < -0.39 is 0 Å². The van der Waals surface area contributed by atoms with Gasteiger partial charge in [-0.1, -0.05) is 363 Å². The van der Waals surface area contributed by atoms with Gasteiger partial charge in [0.1, 0.15) is 0 Å². The summed E-state index contributed by atoms with van der Waals surface area (Å²) < 4.78 is 0.